The summed E-state index contributed by atoms with van der Waals surface area (Å²) >= 11 is 0. The minimum atomic E-state index is -0.0414. The summed E-state index contributed by atoms with van der Waals surface area (Å²) in [5.41, 5.74) is 8.49. The number of hydrogen-bond acceptors (Lipinski definition) is 2. The SMILES string of the molecule is Cc1ccc(C(C)C)cc1OCC1(N)CC1.Cl. The van der Waals surface area contributed by atoms with E-state index in [9.17, 15) is 0 Å². The maximum Gasteiger partial charge on any atom is 0.122 e. The summed E-state index contributed by atoms with van der Waals surface area (Å²) in [6.45, 7) is 7.12. The minimum absolute atomic E-state index is 0. The summed E-state index contributed by atoms with van der Waals surface area (Å²) in [6.07, 6.45) is 2.19. The molecule has 0 saturated heterocycles. The fourth-order valence-electron chi connectivity index (χ4n) is 1.66. The lowest BCUT2D eigenvalue weighted by molar-refractivity contribution is 0.277. The molecule has 0 unspecified atom stereocenters. The highest BCUT2D eigenvalue weighted by Gasteiger charge is 2.39. The van der Waals surface area contributed by atoms with E-state index in [4.69, 9.17) is 10.5 Å². The molecule has 0 radical (unpaired) electrons. The van der Waals surface area contributed by atoms with Gasteiger partial charge in [-0.25, -0.2) is 0 Å². The van der Waals surface area contributed by atoms with E-state index in [1.165, 1.54) is 11.1 Å². The summed E-state index contributed by atoms with van der Waals surface area (Å²) in [4.78, 5) is 0. The van der Waals surface area contributed by atoms with Crippen molar-refractivity contribution in [2.75, 3.05) is 6.61 Å². The van der Waals surface area contributed by atoms with Crippen LogP contribution in [-0.4, -0.2) is 12.1 Å². The van der Waals surface area contributed by atoms with Crippen LogP contribution in [0.15, 0.2) is 18.2 Å². The van der Waals surface area contributed by atoms with Crippen molar-refractivity contribution in [1.82, 2.24) is 0 Å². The van der Waals surface area contributed by atoms with Gasteiger partial charge in [-0.05, 0) is 42.9 Å². The van der Waals surface area contributed by atoms with Gasteiger partial charge in [0.05, 0.1) is 5.54 Å². The van der Waals surface area contributed by atoms with Gasteiger partial charge in [0.25, 0.3) is 0 Å². The van der Waals surface area contributed by atoms with Gasteiger partial charge in [0.1, 0.15) is 12.4 Å². The van der Waals surface area contributed by atoms with Crippen molar-refractivity contribution in [2.45, 2.75) is 45.1 Å². The van der Waals surface area contributed by atoms with Gasteiger partial charge in [-0.2, -0.15) is 0 Å². The molecule has 0 atom stereocenters. The number of benzene rings is 1. The molecule has 2 rings (SSSR count). The molecule has 2 nitrogen and oxygen atoms in total. The van der Waals surface area contributed by atoms with Crippen molar-refractivity contribution >= 4 is 12.4 Å². The lowest BCUT2D eigenvalue weighted by Gasteiger charge is -2.15. The number of nitrogens with two attached hydrogens (primary N) is 1. The van der Waals surface area contributed by atoms with Crippen LogP contribution in [-0.2, 0) is 0 Å². The summed E-state index contributed by atoms with van der Waals surface area (Å²) in [5.74, 6) is 1.53. The Labute approximate surface area is 110 Å². The van der Waals surface area contributed by atoms with E-state index in [1.807, 2.05) is 0 Å². The Morgan fingerprint density at radius 1 is 1.35 bits per heavy atom. The second-order valence-electron chi connectivity index (χ2n) is 5.33. The van der Waals surface area contributed by atoms with Crippen molar-refractivity contribution in [2.24, 2.45) is 5.73 Å². The maximum absolute atomic E-state index is 6.02. The molecular weight excluding hydrogens is 234 g/mol. The first-order chi connectivity index (χ1) is 7.50. The van der Waals surface area contributed by atoms with Crippen LogP contribution in [0.4, 0.5) is 0 Å². The Kier molecular flexibility index (Phi) is 4.45. The zero-order valence-corrected chi connectivity index (χ0v) is 11.6. The van der Waals surface area contributed by atoms with E-state index in [1.54, 1.807) is 0 Å². The highest BCUT2D eigenvalue weighted by atomic mass is 35.5. The van der Waals surface area contributed by atoms with E-state index in [0.29, 0.717) is 12.5 Å². The first-order valence-corrected chi connectivity index (χ1v) is 6.02. The number of halogens is 1. The van der Waals surface area contributed by atoms with E-state index in [0.717, 1.165) is 18.6 Å². The van der Waals surface area contributed by atoms with Crippen LogP contribution in [0.1, 0.15) is 43.7 Å². The molecule has 0 heterocycles. The van der Waals surface area contributed by atoms with E-state index in [-0.39, 0.29) is 17.9 Å². The third kappa shape index (κ3) is 3.62. The predicted octanol–water partition coefficient (Wildman–Crippen LogP) is 3.41. The average Bonchev–Trinajstić information content (AvgIpc) is 2.95. The van der Waals surface area contributed by atoms with E-state index in [2.05, 4.69) is 39.0 Å². The largest absolute Gasteiger partial charge is 0.491 e. The summed E-state index contributed by atoms with van der Waals surface area (Å²) < 4.78 is 5.83. The number of rotatable bonds is 4. The topological polar surface area (TPSA) is 35.2 Å². The molecule has 0 aromatic heterocycles. The monoisotopic (exact) mass is 255 g/mol. The molecule has 3 heteroatoms. The molecule has 0 bridgehead atoms. The van der Waals surface area contributed by atoms with Crippen LogP contribution in [0.5, 0.6) is 5.75 Å². The van der Waals surface area contributed by atoms with Gasteiger partial charge in [0, 0.05) is 0 Å². The zero-order chi connectivity index (χ0) is 11.8. The maximum atomic E-state index is 6.02. The van der Waals surface area contributed by atoms with Crippen LogP contribution in [0, 0.1) is 6.92 Å². The third-order valence-electron chi connectivity index (χ3n) is 3.29. The normalized spacial score (nSPS) is 16.5. The van der Waals surface area contributed by atoms with Gasteiger partial charge in [-0.15, -0.1) is 12.4 Å². The Bertz CT molecular complexity index is 386. The Morgan fingerprint density at radius 3 is 2.53 bits per heavy atom. The fourth-order valence-corrected chi connectivity index (χ4v) is 1.66. The first kappa shape index (κ1) is 14.3. The molecule has 1 fully saturated rings. The first-order valence-electron chi connectivity index (χ1n) is 6.02. The molecule has 17 heavy (non-hydrogen) atoms. The molecular formula is C14H22ClNO. The van der Waals surface area contributed by atoms with Crippen LogP contribution in [0.25, 0.3) is 0 Å². The van der Waals surface area contributed by atoms with Gasteiger partial charge < -0.3 is 10.5 Å². The molecule has 1 aromatic rings. The van der Waals surface area contributed by atoms with E-state index < -0.39 is 0 Å². The lowest BCUT2D eigenvalue weighted by Crippen LogP contribution is -2.29. The highest BCUT2D eigenvalue weighted by Crippen LogP contribution is 2.33. The molecule has 0 aliphatic heterocycles. The van der Waals surface area contributed by atoms with Gasteiger partial charge in [0.2, 0.25) is 0 Å². The summed E-state index contributed by atoms with van der Waals surface area (Å²) in [5, 5.41) is 0. The highest BCUT2D eigenvalue weighted by molar-refractivity contribution is 5.85. The number of aryl methyl sites for hydroxylation is 1. The molecule has 2 N–H and O–H groups in total. The molecule has 1 saturated carbocycles. The summed E-state index contributed by atoms with van der Waals surface area (Å²) in [6, 6.07) is 6.44. The van der Waals surface area contributed by atoms with Gasteiger partial charge >= 0.3 is 0 Å². The van der Waals surface area contributed by atoms with Crippen LogP contribution >= 0.6 is 12.4 Å². The van der Waals surface area contributed by atoms with Crippen molar-refractivity contribution in [1.29, 1.82) is 0 Å². The lowest BCUT2D eigenvalue weighted by atomic mass is 10.0. The second kappa shape index (κ2) is 5.28. The molecule has 96 valence electrons. The number of ether oxygens (including phenoxy) is 1. The van der Waals surface area contributed by atoms with Crippen molar-refractivity contribution in [3.8, 4) is 5.75 Å². The third-order valence-corrected chi connectivity index (χ3v) is 3.29. The molecule has 1 aliphatic carbocycles. The second-order valence-corrected chi connectivity index (χ2v) is 5.33. The van der Waals surface area contributed by atoms with Crippen molar-refractivity contribution in [3.63, 3.8) is 0 Å². The average molecular weight is 256 g/mol. The smallest absolute Gasteiger partial charge is 0.122 e. The Balaban J connectivity index is 0.00000144. The molecule has 0 amide bonds. The summed E-state index contributed by atoms with van der Waals surface area (Å²) in [7, 11) is 0. The predicted molar refractivity (Wildman–Crippen MR) is 74.2 cm³/mol. The molecule has 0 spiro atoms. The zero-order valence-electron chi connectivity index (χ0n) is 10.8. The quantitative estimate of drug-likeness (QED) is 0.895. The van der Waals surface area contributed by atoms with Crippen LogP contribution in [0.3, 0.4) is 0 Å². The Hall–Kier alpha value is -0.730. The van der Waals surface area contributed by atoms with Crippen LogP contribution < -0.4 is 10.5 Å². The van der Waals surface area contributed by atoms with Crippen molar-refractivity contribution < 1.29 is 4.74 Å². The van der Waals surface area contributed by atoms with Gasteiger partial charge in [0.15, 0.2) is 0 Å². The van der Waals surface area contributed by atoms with Crippen molar-refractivity contribution in [3.05, 3.63) is 29.3 Å². The minimum Gasteiger partial charge on any atom is -0.491 e. The van der Waals surface area contributed by atoms with Gasteiger partial charge in [-0.1, -0.05) is 26.0 Å². The van der Waals surface area contributed by atoms with Crippen LogP contribution in [0.2, 0.25) is 0 Å². The molecule has 1 aromatic carbocycles. The van der Waals surface area contributed by atoms with E-state index >= 15 is 0 Å². The molecule has 1 aliphatic rings. The van der Waals surface area contributed by atoms with Gasteiger partial charge in [-0.3, -0.25) is 0 Å². The Morgan fingerprint density at radius 2 is 2.00 bits per heavy atom. The number of hydrogen-bond donors (Lipinski definition) is 1. The standard InChI is InChI=1S/C14H21NO.ClH/c1-10(2)12-5-4-11(3)13(8-12)16-9-14(15)6-7-14;/h4-5,8,10H,6-7,9,15H2,1-3H3;1H. The fraction of sp³-hybridized carbons (Fsp3) is 0.571.